The zero-order valence-electron chi connectivity index (χ0n) is 13.7. The molecule has 3 aromatic carbocycles. The maximum absolute atomic E-state index is 6.13. The van der Waals surface area contributed by atoms with Crippen LogP contribution >= 0.6 is 23.8 Å². The van der Waals surface area contributed by atoms with Gasteiger partial charge < -0.3 is 16.0 Å². The molecule has 0 saturated heterocycles. The highest BCUT2D eigenvalue weighted by Gasteiger charge is 2.04. The molecular formula is C20H18ClN3S. The minimum atomic E-state index is 0.522. The van der Waals surface area contributed by atoms with Gasteiger partial charge in [-0.3, -0.25) is 0 Å². The van der Waals surface area contributed by atoms with Gasteiger partial charge in [-0.2, -0.15) is 0 Å². The summed E-state index contributed by atoms with van der Waals surface area (Å²) in [4.78, 5) is 0. The maximum atomic E-state index is 6.13. The van der Waals surface area contributed by atoms with Crippen LogP contribution in [0.25, 0.3) is 0 Å². The molecule has 0 unspecified atom stereocenters. The smallest absolute Gasteiger partial charge is 0.175 e. The highest BCUT2D eigenvalue weighted by Crippen LogP contribution is 2.23. The largest absolute Gasteiger partial charge is 0.356 e. The minimum absolute atomic E-state index is 0.522. The normalized spacial score (nSPS) is 10.2. The second-order valence-electron chi connectivity index (χ2n) is 5.56. The van der Waals surface area contributed by atoms with Crippen molar-refractivity contribution in [3.63, 3.8) is 0 Å². The van der Waals surface area contributed by atoms with Crippen LogP contribution in [0.2, 0.25) is 5.02 Å². The Hall–Kier alpha value is -2.56. The van der Waals surface area contributed by atoms with Crippen LogP contribution in [0.1, 0.15) is 5.56 Å². The molecule has 0 bridgehead atoms. The van der Waals surface area contributed by atoms with Crippen molar-refractivity contribution in [1.29, 1.82) is 0 Å². The fourth-order valence-corrected chi connectivity index (χ4v) is 2.75. The summed E-state index contributed by atoms with van der Waals surface area (Å²) in [5, 5.41) is 10.9. The number of benzene rings is 3. The van der Waals surface area contributed by atoms with Gasteiger partial charge in [0, 0.05) is 27.8 Å². The number of thiocarbonyl (C=S) groups is 1. The molecule has 3 rings (SSSR count). The molecule has 0 aliphatic rings. The van der Waals surface area contributed by atoms with Crippen molar-refractivity contribution in [2.24, 2.45) is 0 Å². The number of halogens is 1. The first-order valence-electron chi connectivity index (χ1n) is 7.87. The van der Waals surface area contributed by atoms with Crippen molar-refractivity contribution < 1.29 is 0 Å². The predicted octanol–water partition coefficient (Wildman–Crippen LogP) is 6.20. The van der Waals surface area contributed by atoms with Crippen molar-refractivity contribution in [1.82, 2.24) is 0 Å². The third-order valence-corrected chi connectivity index (χ3v) is 4.33. The Bertz CT molecular complexity index is 864. The lowest BCUT2D eigenvalue weighted by molar-refractivity contribution is 1.45. The average molecular weight is 368 g/mol. The summed E-state index contributed by atoms with van der Waals surface area (Å²) in [5.41, 5.74) is 4.84. The van der Waals surface area contributed by atoms with E-state index in [4.69, 9.17) is 23.8 Å². The van der Waals surface area contributed by atoms with Crippen molar-refractivity contribution >= 4 is 51.7 Å². The van der Waals surface area contributed by atoms with E-state index in [9.17, 15) is 0 Å². The standard InChI is InChI=1S/C20H18ClN3S/c1-14-18(21)8-5-9-19(14)24-20(25)23-17-12-10-16(11-13-17)22-15-6-3-2-4-7-15/h2-13,22H,1H3,(H2,23,24,25). The molecule has 0 spiro atoms. The molecule has 3 nitrogen and oxygen atoms in total. The lowest BCUT2D eigenvalue weighted by Gasteiger charge is -2.14. The van der Waals surface area contributed by atoms with E-state index in [0.29, 0.717) is 10.1 Å². The summed E-state index contributed by atoms with van der Waals surface area (Å²) in [7, 11) is 0. The van der Waals surface area contributed by atoms with Gasteiger partial charge in [0.25, 0.3) is 0 Å². The van der Waals surface area contributed by atoms with Gasteiger partial charge in [0.05, 0.1) is 0 Å². The predicted molar refractivity (Wildman–Crippen MR) is 112 cm³/mol. The van der Waals surface area contributed by atoms with Crippen LogP contribution in [0.3, 0.4) is 0 Å². The van der Waals surface area contributed by atoms with E-state index in [0.717, 1.165) is 28.3 Å². The second-order valence-corrected chi connectivity index (χ2v) is 6.38. The van der Waals surface area contributed by atoms with Crippen molar-refractivity contribution in [2.45, 2.75) is 6.92 Å². The summed E-state index contributed by atoms with van der Waals surface area (Å²) in [6.45, 7) is 1.96. The summed E-state index contributed by atoms with van der Waals surface area (Å²) in [6, 6.07) is 23.7. The highest BCUT2D eigenvalue weighted by molar-refractivity contribution is 7.80. The van der Waals surface area contributed by atoms with Crippen LogP contribution in [0.5, 0.6) is 0 Å². The van der Waals surface area contributed by atoms with Gasteiger partial charge in [0.15, 0.2) is 5.11 Å². The molecule has 0 atom stereocenters. The van der Waals surface area contributed by atoms with Gasteiger partial charge in [-0.1, -0.05) is 35.9 Å². The Morgan fingerprint density at radius 3 is 2.12 bits per heavy atom. The second kappa shape index (κ2) is 8.01. The molecule has 0 fully saturated rings. The van der Waals surface area contributed by atoms with Gasteiger partial charge >= 0.3 is 0 Å². The van der Waals surface area contributed by atoms with Gasteiger partial charge in [0.1, 0.15) is 0 Å². The van der Waals surface area contributed by atoms with Gasteiger partial charge in [-0.05, 0) is 73.2 Å². The molecule has 0 heterocycles. The Morgan fingerprint density at radius 1 is 0.760 bits per heavy atom. The molecular weight excluding hydrogens is 350 g/mol. The lowest BCUT2D eigenvalue weighted by Crippen LogP contribution is -2.19. The Morgan fingerprint density at radius 2 is 1.40 bits per heavy atom. The summed E-state index contributed by atoms with van der Waals surface area (Å²) in [5.74, 6) is 0. The SMILES string of the molecule is Cc1c(Cl)cccc1NC(=S)Nc1ccc(Nc2ccccc2)cc1. The third-order valence-electron chi connectivity index (χ3n) is 3.72. The van der Waals surface area contributed by atoms with E-state index in [-0.39, 0.29) is 0 Å². The maximum Gasteiger partial charge on any atom is 0.175 e. The molecule has 0 aromatic heterocycles. The van der Waals surface area contributed by atoms with Crippen molar-refractivity contribution in [3.05, 3.63) is 83.4 Å². The number of hydrogen-bond donors (Lipinski definition) is 3. The Balaban J connectivity index is 1.61. The molecule has 25 heavy (non-hydrogen) atoms. The molecule has 5 heteroatoms. The van der Waals surface area contributed by atoms with E-state index < -0.39 is 0 Å². The Kier molecular flexibility index (Phi) is 5.53. The zero-order valence-corrected chi connectivity index (χ0v) is 15.3. The molecule has 0 radical (unpaired) electrons. The minimum Gasteiger partial charge on any atom is -0.356 e. The van der Waals surface area contributed by atoms with Crippen LogP contribution in [0.4, 0.5) is 22.7 Å². The summed E-state index contributed by atoms with van der Waals surface area (Å²) < 4.78 is 0. The van der Waals surface area contributed by atoms with Crippen LogP contribution in [-0.4, -0.2) is 5.11 Å². The topological polar surface area (TPSA) is 36.1 Å². The van der Waals surface area contributed by atoms with E-state index in [1.807, 2.05) is 79.7 Å². The van der Waals surface area contributed by atoms with E-state index in [1.54, 1.807) is 0 Å². The van der Waals surface area contributed by atoms with Crippen LogP contribution in [-0.2, 0) is 0 Å². The van der Waals surface area contributed by atoms with E-state index >= 15 is 0 Å². The number of hydrogen-bond acceptors (Lipinski definition) is 2. The monoisotopic (exact) mass is 367 g/mol. The van der Waals surface area contributed by atoms with Gasteiger partial charge in [0.2, 0.25) is 0 Å². The average Bonchev–Trinajstić information content (AvgIpc) is 2.62. The van der Waals surface area contributed by atoms with Crippen molar-refractivity contribution in [2.75, 3.05) is 16.0 Å². The van der Waals surface area contributed by atoms with Crippen molar-refractivity contribution in [3.8, 4) is 0 Å². The first-order chi connectivity index (χ1) is 12.1. The number of nitrogens with one attached hydrogen (secondary N) is 3. The van der Waals surface area contributed by atoms with Gasteiger partial charge in [-0.25, -0.2) is 0 Å². The van der Waals surface area contributed by atoms with E-state index in [1.165, 1.54) is 0 Å². The molecule has 0 aliphatic heterocycles. The first-order valence-corrected chi connectivity index (χ1v) is 8.66. The van der Waals surface area contributed by atoms with Gasteiger partial charge in [-0.15, -0.1) is 0 Å². The summed E-state index contributed by atoms with van der Waals surface area (Å²) >= 11 is 11.5. The molecule has 0 amide bonds. The lowest BCUT2D eigenvalue weighted by atomic mass is 10.2. The zero-order chi connectivity index (χ0) is 17.6. The molecule has 0 saturated carbocycles. The van der Waals surface area contributed by atoms with Crippen LogP contribution < -0.4 is 16.0 Å². The molecule has 3 N–H and O–H groups in total. The summed E-state index contributed by atoms with van der Waals surface area (Å²) in [6.07, 6.45) is 0. The van der Waals surface area contributed by atoms with Crippen LogP contribution in [0, 0.1) is 6.92 Å². The van der Waals surface area contributed by atoms with Crippen LogP contribution in [0.15, 0.2) is 72.8 Å². The molecule has 0 aliphatic carbocycles. The fourth-order valence-electron chi connectivity index (χ4n) is 2.35. The number of anilines is 4. The Labute approximate surface area is 158 Å². The number of rotatable bonds is 4. The quantitative estimate of drug-likeness (QED) is 0.480. The first kappa shape index (κ1) is 17.3. The third kappa shape index (κ3) is 4.72. The number of para-hydroxylation sites is 1. The molecule has 3 aromatic rings. The van der Waals surface area contributed by atoms with E-state index in [2.05, 4.69) is 16.0 Å². The highest BCUT2D eigenvalue weighted by atomic mass is 35.5. The molecule has 126 valence electrons. The fraction of sp³-hybridized carbons (Fsp3) is 0.0500.